The van der Waals surface area contributed by atoms with E-state index in [0.29, 0.717) is 12.8 Å². The molecule has 1 heterocycles. The maximum atomic E-state index is 13.0. The molecule has 0 aliphatic carbocycles. The predicted octanol–water partition coefficient (Wildman–Crippen LogP) is 13.8. The van der Waals surface area contributed by atoms with E-state index in [0.717, 1.165) is 57.8 Å². The maximum absolute atomic E-state index is 13.0. The zero-order valence-corrected chi connectivity index (χ0v) is 44.5. The van der Waals surface area contributed by atoms with Crippen molar-refractivity contribution in [1.82, 2.24) is 5.32 Å². The predicted molar refractivity (Wildman–Crippen MR) is 277 cm³/mol. The molecule has 6 atom stereocenters. The minimum atomic E-state index is -1.59. The highest BCUT2D eigenvalue weighted by Gasteiger charge is 2.44. The summed E-state index contributed by atoms with van der Waals surface area (Å²) in [4.78, 5) is 38.5. The zero-order chi connectivity index (χ0) is 49.6. The Kier molecular flexibility index (Phi) is 44.9. The van der Waals surface area contributed by atoms with Crippen LogP contribution in [0, 0.1) is 0 Å². The third kappa shape index (κ3) is 38.0. The monoisotopic (exact) mass is 968 g/mol. The van der Waals surface area contributed by atoms with Gasteiger partial charge in [-0.05, 0) is 19.3 Å². The van der Waals surface area contributed by atoms with Crippen molar-refractivity contribution in [2.75, 3.05) is 19.8 Å². The van der Waals surface area contributed by atoms with Gasteiger partial charge < -0.3 is 39.6 Å². The number of aliphatic hydroxyl groups is 3. The van der Waals surface area contributed by atoms with Crippen molar-refractivity contribution in [2.45, 2.75) is 327 Å². The van der Waals surface area contributed by atoms with Gasteiger partial charge in [-0.3, -0.25) is 14.4 Å². The number of hydrogen-bond acceptors (Lipinski definition) is 10. The molecule has 11 nitrogen and oxygen atoms in total. The lowest BCUT2D eigenvalue weighted by atomic mass is 9.98. The topological polar surface area (TPSA) is 161 Å². The fourth-order valence-corrected chi connectivity index (χ4v) is 9.22. The first kappa shape index (κ1) is 64.2. The quantitative estimate of drug-likeness (QED) is 0.0341. The van der Waals surface area contributed by atoms with Crippen LogP contribution in [-0.2, 0) is 33.3 Å². The first-order chi connectivity index (χ1) is 33.2. The number of hydrogen-bond donors (Lipinski definition) is 4. The van der Waals surface area contributed by atoms with Gasteiger partial charge in [-0.2, -0.15) is 0 Å². The molecule has 68 heavy (non-hydrogen) atoms. The molecule has 0 radical (unpaired) electrons. The van der Waals surface area contributed by atoms with E-state index in [-0.39, 0.29) is 44.5 Å². The van der Waals surface area contributed by atoms with Crippen LogP contribution >= 0.6 is 0 Å². The summed E-state index contributed by atoms with van der Waals surface area (Å²) in [6.07, 6.45) is 40.2. The Balaban J connectivity index is 2.52. The first-order valence-electron chi connectivity index (χ1n) is 29.2. The molecule has 0 aromatic heterocycles. The first-order valence-corrected chi connectivity index (χ1v) is 29.2. The molecule has 1 rings (SSSR count). The average Bonchev–Trinajstić information content (AvgIpc) is 3.33. The summed E-state index contributed by atoms with van der Waals surface area (Å²) in [7, 11) is 0. The molecule has 1 aliphatic heterocycles. The van der Waals surface area contributed by atoms with Gasteiger partial charge in [-0.15, -0.1) is 0 Å². The second-order valence-electron chi connectivity index (χ2n) is 20.4. The Morgan fingerprint density at radius 2 is 0.765 bits per heavy atom. The molecule has 0 unspecified atom stereocenters. The number of carbonyl (C=O) groups is 3. The number of amides is 1. The Morgan fingerprint density at radius 1 is 0.426 bits per heavy atom. The molecule has 4 N–H and O–H groups in total. The van der Waals surface area contributed by atoms with Crippen LogP contribution in [0.3, 0.4) is 0 Å². The summed E-state index contributed by atoms with van der Waals surface area (Å²) >= 11 is 0. The van der Waals surface area contributed by atoms with Crippen molar-refractivity contribution < 1.29 is 48.7 Å². The number of nitrogens with one attached hydrogen (secondary N) is 1. The molecule has 1 amide bonds. The molecule has 1 aliphatic rings. The summed E-state index contributed by atoms with van der Waals surface area (Å²) < 4.78 is 23.1. The molecule has 11 heteroatoms. The normalized spacial score (nSPS) is 18.7. The molecule has 402 valence electrons. The van der Waals surface area contributed by atoms with E-state index in [4.69, 9.17) is 18.9 Å². The van der Waals surface area contributed by atoms with E-state index in [9.17, 15) is 29.7 Å². The van der Waals surface area contributed by atoms with E-state index >= 15 is 0 Å². The highest BCUT2D eigenvalue weighted by Crippen LogP contribution is 2.23. The van der Waals surface area contributed by atoms with Crippen molar-refractivity contribution in [1.29, 1.82) is 0 Å². The van der Waals surface area contributed by atoms with E-state index in [2.05, 4.69) is 26.1 Å². The number of aliphatic hydroxyl groups excluding tert-OH is 3. The van der Waals surface area contributed by atoms with Gasteiger partial charge in [0.05, 0.1) is 6.61 Å². The lowest BCUT2D eigenvalue weighted by Crippen LogP contribution is -2.60. The van der Waals surface area contributed by atoms with Crippen molar-refractivity contribution in [3.63, 3.8) is 0 Å². The number of rotatable bonds is 50. The molecular formula is C57H109NO10. The SMILES string of the molecule is CCCCCCCCCCCCCCCC(=O)NC[C@H]1O[C@@H](OC[C@@H](COC(=O)CCCCCCCCCCCCCCC)OC(=O)CCCCCCCCCCCCCCC)[C@@H](O)[C@@H](O)[C@@H]1O. The van der Waals surface area contributed by atoms with Crippen molar-refractivity contribution in [3.05, 3.63) is 0 Å². The van der Waals surface area contributed by atoms with Crippen LogP contribution in [0.2, 0.25) is 0 Å². The van der Waals surface area contributed by atoms with Crippen LogP contribution < -0.4 is 5.32 Å². The summed E-state index contributed by atoms with van der Waals surface area (Å²) in [5, 5.41) is 35.0. The second kappa shape index (κ2) is 47.5. The molecule has 0 bridgehead atoms. The second-order valence-corrected chi connectivity index (χ2v) is 20.4. The van der Waals surface area contributed by atoms with Crippen molar-refractivity contribution in [3.8, 4) is 0 Å². The number of esters is 2. The Morgan fingerprint density at radius 3 is 1.15 bits per heavy atom. The number of ether oxygens (including phenoxy) is 4. The Labute approximate surface area is 417 Å². The van der Waals surface area contributed by atoms with Crippen molar-refractivity contribution >= 4 is 17.8 Å². The minimum absolute atomic E-state index is 0.0730. The standard InChI is InChI=1S/C57H109NO10/c1-4-7-10-13-16-19-22-25-28-31-34-37-40-43-51(59)58-46-50-54(62)55(63)56(64)57(68-50)66-48-49(67-53(61)45-42-39-36-33-30-27-24-21-18-15-12-9-6-3)47-65-52(60)44-41-38-35-32-29-26-23-20-17-14-11-8-5-2/h49-50,54-57,62-64H,4-48H2,1-3H3,(H,58,59)/t49-,50-,54-,55+,56+,57-/m1/s1. The summed E-state index contributed by atoms with van der Waals surface area (Å²) in [5.41, 5.74) is 0. The highest BCUT2D eigenvalue weighted by molar-refractivity contribution is 5.75. The van der Waals surface area contributed by atoms with E-state index in [1.54, 1.807) is 0 Å². The highest BCUT2D eigenvalue weighted by atomic mass is 16.7. The minimum Gasteiger partial charge on any atom is -0.462 e. The number of carbonyl (C=O) groups excluding carboxylic acids is 3. The fourth-order valence-electron chi connectivity index (χ4n) is 9.22. The van der Waals surface area contributed by atoms with E-state index in [1.165, 1.54) is 186 Å². The maximum Gasteiger partial charge on any atom is 0.306 e. The average molecular weight is 968 g/mol. The van der Waals surface area contributed by atoms with Crippen LogP contribution in [0.25, 0.3) is 0 Å². The Hall–Kier alpha value is -1.79. The molecule has 0 saturated carbocycles. The van der Waals surface area contributed by atoms with Crippen LogP contribution in [0.4, 0.5) is 0 Å². The van der Waals surface area contributed by atoms with Gasteiger partial charge in [-0.1, -0.05) is 252 Å². The fraction of sp³-hybridized carbons (Fsp3) is 0.947. The molecule has 1 saturated heterocycles. The molecule has 0 spiro atoms. The van der Waals surface area contributed by atoms with Crippen LogP contribution in [0.15, 0.2) is 0 Å². The van der Waals surface area contributed by atoms with Gasteiger partial charge >= 0.3 is 11.9 Å². The van der Waals surface area contributed by atoms with Gasteiger partial charge in [-0.25, -0.2) is 0 Å². The van der Waals surface area contributed by atoms with Gasteiger partial charge in [0.2, 0.25) is 5.91 Å². The van der Waals surface area contributed by atoms with Crippen LogP contribution in [-0.4, -0.2) is 89.7 Å². The smallest absolute Gasteiger partial charge is 0.306 e. The van der Waals surface area contributed by atoms with Crippen molar-refractivity contribution in [2.24, 2.45) is 0 Å². The summed E-state index contributed by atoms with van der Waals surface area (Å²) in [5.74, 6) is -0.954. The van der Waals surface area contributed by atoms with Gasteiger partial charge in [0.1, 0.15) is 31.0 Å². The molecule has 1 fully saturated rings. The van der Waals surface area contributed by atoms with Crippen LogP contribution in [0.1, 0.15) is 290 Å². The zero-order valence-electron chi connectivity index (χ0n) is 44.5. The van der Waals surface area contributed by atoms with Gasteiger partial charge in [0.25, 0.3) is 0 Å². The molecule has 0 aromatic carbocycles. The van der Waals surface area contributed by atoms with Gasteiger partial charge in [0, 0.05) is 25.8 Å². The third-order valence-corrected chi connectivity index (χ3v) is 13.8. The summed E-state index contributed by atoms with van der Waals surface area (Å²) in [6.45, 7) is 6.20. The molecule has 0 aromatic rings. The molecular weight excluding hydrogens is 859 g/mol. The largest absolute Gasteiger partial charge is 0.462 e. The van der Waals surface area contributed by atoms with Gasteiger partial charge in [0.15, 0.2) is 12.4 Å². The van der Waals surface area contributed by atoms with Crippen LogP contribution in [0.5, 0.6) is 0 Å². The van der Waals surface area contributed by atoms with E-state index in [1.807, 2.05) is 0 Å². The third-order valence-electron chi connectivity index (χ3n) is 13.8. The lowest BCUT2D eigenvalue weighted by molar-refractivity contribution is -0.299. The lowest BCUT2D eigenvalue weighted by Gasteiger charge is -2.40. The Bertz CT molecular complexity index is 1140. The van der Waals surface area contributed by atoms with E-state index < -0.39 is 42.8 Å². The number of unbranched alkanes of at least 4 members (excludes halogenated alkanes) is 36. The summed E-state index contributed by atoms with van der Waals surface area (Å²) in [6, 6.07) is 0.